The number of likely N-dealkylation sites (tertiary alicyclic amines) is 1. The second-order valence-electron chi connectivity index (χ2n) is 9.35. The van der Waals surface area contributed by atoms with Gasteiger partial charge < -0.3 is 9.47 Å². The van der Waals surface area contributed by atoms with Gasteiger partial charge in [0.2, 0.25) is 5.60 Å². The molecule has 1 atom stereocenters. The van der Waals surface area contributed by atoms with E-state index in [2.05, 4.69) is 9.64 Å². The van der Waals surface area contributed by atoms with Crippen molar-refractivity contribution in [1.82, 2.24) is 4.90 Å². The standard InChI is InChI=1S/C24H26F4N2O5S/c1-23(2,24(26,27)28)35-22(31)13-16-4-9-21-20(12-16)30(15-18(34-21)14-29-10-3-11-29)36(32,33)19-7-5-17(25)6-8-19/h4-9,12,18H,3,10-11,13-15H2,1-2H3/t18-/m0/s1. The third-order valence-corrected chi connectivity index (χ3v) is 7.96. The van der Waals surface area contributed by atoms with Crippen molar-refractivity contribution in [3.63, 3.8) is 0 Å². The van der Waals surface area contributed by atoms with Crippen LogP contribution in [0.4, 0.5) is 23.2 Å². The van der Waals surface area contributed by atoms with Crippen LogP contribution in [0.25, 0.3) is 0 Å². The van der Waals surface area contributed by atoms with Crippen LogP contribution in [0.3, 0.4) is 0 Å². The Labute approximate surface area is 206 Å². The summed E-state index contributed by atoms with van der Waals surface area (Å²) in [6.07, 6.45) is -4.69. The largest absolute Gasteiger partial charge is 0.485 e. The molecule has 196 valence electrons. The van der Waals surface area contributed by atoms with E-state index in [1.54, 1.807) is 0 Å². The zero-order valence-corrected chi connectivity index (χ0v) is 20.5. The van der Waals surface area contributed by atoms with Crippen LogP contribution >= 0.6 is 0 Å². The van der Waals surface area contributed by atoms with Gasteiger partial charge in [0.1, 0.15) is 17.7 Å². The van der Waals surface area contributed by atoms with Crippen molar-refractivity contribution >= 4 is 21.7 Å². The number of fused-ring (bicyclic) bond motifs is 1. The lowest BCUT2D eigenvalue weighted by atomic mass is 10.1. The fourth-order valence-corrected chi connectivity index (χ4v) is 5.42. The van der Waals surface area contributed by atoms with E-state index < -0.39 is 46.1 Å². The molecular formula is C24H26F4N2O5S. The predicted octanol–water partition coefficient (Wildman–Crippen LogP) is 3.91. The Bertz CT molecular complexity index is 1230. The van der Waals surface area contributed by atoms with Crippen molar-refractivity contribution in [3.8, 4) is 5.75 Å². The summed E-state index contributed by atoms with van der Waals surface area (Å²) in [5.74, 6) is -1.45. The van der Waals surface area contributed by atoms with Gasteiger partial charge in [-0.15, -0.1) is 0 Å². The maximum absolute atomic E-state index is 13.5. The minimum atomic E-state index is -4.75. The topological polar surface area (TPSA) is 76.2 Å². The minimum absolute atomic E-state index is 0.0295. The molecular weight excluding hydrogens is 504 g/mol. The highest BCUT2D eigenvalue weighted by Crippen LogP contribution is 2.39. The summed E-state index contributed by atoms with van der Waals surface area (Å²) in [4.78, 5) is 14.3. The molecule has 36 heavy (non-hydrogen) atoms. The van der Waals surface area contributed by atoms with Crippen LogP contribution in [0, 0.1) is 5.82 Å². The molecule has 0 aliphatic carbocycles. The smallest absolute Gasteiger partial charge is 0.427 e. The number of ether oxygens (including phenoxy) is 2. The highest BCUT2D eigenvalue weighted by atomic mass is 32.2. The van der Waals surface area contributed by atoms with E-state index in [4.69, 9.17) is 4.74 Å². The molecule has 0 bridgehead atoms. The van der Waals surface area contributed by atoms with E-state index in [0.29, 0.717) is 6.54 Å². The zero-order chi connectivity index (χ0) is 26.3. The maximum Gasteiger partial charge on any atom is 0.427 e. The van der Waals surface area contributed by atoms with Crippen molar-refractivity contribution in [2.75, 3.05) is 30.5 Å². The number of sulfonamides is 1. The van der Waals surface area contributed by atoms with Crippen LogP contribution in [0.1, 0.15) is 25.8 Å². The van der Waals surface area contributed by atoms with Crippen molar-refractivity contribution in [2.24, 2.45) is 0 Å². The molecule has 12 heteroatoms. The van der Waals surface area contributed by atoms with Crippen LogP contribution in [0.2, 0.25) is 0 Å². The monoisotopic (exact) mass is 530 g/mol. The quantitative estimate of drug-likeness (QED) is 0.399. The molecule has 0 saturated carbocycles. The Morgan fingerprint density at radius 1 is 1.11 bits per heavy atom. The molecule has 1 saturated heterocycles. The predicted molar refractivity (Wildman–Crippen MR) is 123 cm³/mol. The van der Waals surface area contributed by atoms with Crippen LogP contribution < -0.4 is 9.04 Å². The van der Waals surface area contributed by atoms with Crippen LogP contribution in [-0.2, 0) is 26.0 Å². The number of hydrogen-bond donors (Lipinski definition) is 0. The number of halogens is 4. The summed E-state index contributed by atoms with van der Waals surface area (Å²) < 4.78 is 91.5. The lowest BCUT2D eigenvalue weighted by Gasteiger charge is -2.40. The summed E-state index contributed by atoms with van der Waals surface area (Å²) in [7, 11) is -4.14. The second kappa shape index (κ2) is 9.55. The molecule has 2 aromatic rings. The lowest BCUT2D eigenvalue weighted by Crippen LogP contribution is -2.51. The van der Waals surface area contributed by atoms with Gasteiger partial charge in [-0.3, -0.25) is 14.0 Å². The molecule has 0 amide bonds. The van der Waals surface area contributed by atoms with Gasteiger partial charge in [0, 0.05) is 6.54 Å². The molecule has 2 aromatic carbocycles. The molecule has 2 aliphatic heterocycles. The Kier molecular flexibility index (Phi) is 6.95. The van der Waals surface area contributed by atoms with Crippen LogP contribution in [0.5, 0.6) is 5.75 Å². The first-order valence-electron chi connectivity index (χ1n) is 11.3. The third-order valence-electron chi connectivity index (χ3n) is 6.17. The van der Waals surface area contributed by atoms with Crippen molar-refractivity contribution < 1.29 is 40.2 Å². The van der Waals surface area contributed by atoms with Gasteiger partial charge in [0.25, 0.3) is 10.0 Å². The maximum atomic E-state index is 13.5. The van der Waals surface area contributed by atoms with E-state index in [9.17, 15) is 30.8 Å². The van der Waals surface area contributed by atoms with Gasteiger partial charge in [-0.25, -0.2) is 12.8 Å². The first-order valence-corrected chi connectivity index (χ1v) is 12.8. The average Bonchev–Trinajstić information content (AvgIpc) is 2.75. The summed E-state index contributed by atoms with van der Waals surface area (Å²) in [5, 5.41) is 0. The number of benzene rings is 2. The molecule has 0 spiro atoms. The Morgan fingerprint density at radius 3 is 2.36 bits per heavy atom. The second-order valence-corrected chi connectivity index (χ2v) is 11.2. The lowest BCUT2D eigenvalue weighted by molar-refractivity contribution is -0.257. The minimum Gasteiger partial charge on any atom is -0.485 e. The van der Waals surface area contributed by atoms with E-state index in [0.717, 1.165) is 61.9 Å². The van der Waals surface area contributed by atoms with Crippen LogP contribution in [-0.4, -0.2) is 63.3 Å². The Morgan fingerprint density at radius 2 is 1.78 bits per heavy atom. The fourth-order valence-electron chi connectivity index (χ4n) is 3.92. The van der Waals surface area contributed by atoms with Crippen molar-refractivity contribution in [3.05, 3.63) is 53.8 Å². The van der Waals surface area contributed by atoms with E-state index in [-0.39, 0.29) is 28.4 Å². The van der Waals surface area contributed by atoms with Crippen LogP contribution in [0.15, 0.2) is 47.4 Å². The van der Waals surface area contributed by atoms with E-state index >= 15 is 0 Å². The van der Waals surface area contributed by atoms with Gasteiger partial charge in [-0.2, -0.15) is 13.2 Å². The zero-order valence-electron chi connectivity index (χ0n) is 19.7. The number of rotatable bonds is 7. The van der Waals surface area contributed by atoms with Crippen molar-refractivity contribution in [1.29, 1.82) is 0 Å². The highest BCUT2D eigenvalue weighted by molar-refractivity contribution is 7.92. The first-order chi connectivity index (χ1) is 16.8. The number of alkyl halides is 3. The molecule has 0 aromatic heterocycles. The first kappa shape index (κ1) is 26.2. The van der Waals surface area contributed by atoms with E-state index in [1.165, 1.54) is 18.2 Å². The van der Waals surface area contributed by atoms with Crippen molar-refractivity contribution in [2.45, 2.75) is 49.5 Å². The van der Waals surface area contributed by atoms with Gasteiger partial charge in [0.15, 0.2) is 0 Å². The summed E-state index contributed by atoms with van der Waals surface area (Å²) in [6, 6.07) is 8.76. The molecule has 0 radical (unpaired) electrons. The number of carbonyl (C=O) groups excluding carboxylic acids is 1. The molecule has 0 unspecified atom stereocenters. The van der Waals surface area contributed by atoms with Gasteiger partial charge in [-0.05, 0) is 75.3 Å². The molecule has 2 heterocycles. The number of anilines is 1. The number of nitrogens with zero attached hydrogens (tertiary/aromatic N) is 2. The molecule has 0 N–H and O–H groups in total. The fraction of sp³-hybridized carbons (Fsp3) is 0.458. The number of carbonyl (C=O) groups is 1. The third kappa shape index (κ3) is 5.44. The summed E-state index contributed by atoms with van der Waals surface area (Å²) in [5.41, 5.74) is -2.29. The molecule has 7 nitrogen and oxygen atoms in total. The normalized spacial score (nSPS) is 18.7. The van der Waals surface area contributed by atoms with Gasteiger partial charge in [0.05, 0.1) is 23.5 Å². The molecule has 1 fully saturated rings. The highest BCUT2D eigenvalue weighted by Gasteiger charge is 2.50. The Hall–Kier alpha value is -2.86. The summed E-state index contributed by atoms with van der Waals surface area (Å²) in [6.45, 7) is 3.74. The SMILES string of the molecule is CC(C)(OC(=O)Cc1ccc2c(c1)N(S(=O)(=O)c1ccc(F)cc1)C[C@H](CN1CCC1)O2)C(F)(F)F. The number of esters is 1. The molecule has 2 aliphatic rings. The Balaban J connectivity index is 1.63. The summed E-state index contributed by atoms with van der Waals surface area (Å²) >= 11 is 0. The number of hydrogen-bond acceptors (Lipinski definition) is 6. The molecule has 4 rings (SSSR count). The van der Waals surface area contributed by atoms with Gasteiger partial charge in [-0.1, -0.05) is 6.07 Å². The van der Waals surface area contributed by atoms with Gasteiger partial charge >= 0.3 is 12.1 Å². The van der Waals surface area contributed by atoms with E-state index in [1.807, 2.05) is 0 Å². The average molecular weight is 531 g/mol.